The highest BCUT2D eigenvalue weighted by molar-refractivity contribution is 5.84. The van der Waals surface area contributed by atoms with Gasteiger partial charge in [0.1, 0.15) is 23.3 Å². The Kier molecular flexibility index (Phi) is 7.53. The van der Waals surface area contributed by atoms with Crippen LogP contribution in [0.5, 0.6) is 5.75 Å². The molecule has 3 N–H and O–H groups in total. The van der Waals surface area contributed by atoms with E-state index >= 15 is 0 Å². The lowest BCUT2D eigenvalue weighted by Gasteiger charge is -2.37. The number of ether oxygens (including phenoxy) is 3. The highest BCUT2D eigenvalue weighted by atomic mass is 19.1. The molecule has 1 aromatic carbocycles. The number of pyridine rings is 1. The number of halogens is 1. The Morgan fingerprint density at radius 1 is 1.38 bits per heavy atom. The number of hydrogen-bond acceptors (Lipinski definition) is 7. The van der Waals surface area contributed by atoms with Gasteiger partial charge in [-0.3, -0.25) is 4.98 Å². The molecule has 3 rings (SSSR count). The number of amides is 1. The van der Waals surface area contributed by atoms with Crippen molar-refractivity contribution in [2.24, 2.45) is 0 Å². The van der Waals surface area contributed by atoms with Crippen molar-refractivity contribution in [3.8, 4) is 5.75 Å². The van der Waals surface area contributed by atoms with E-state index in [0.29, 0.717) is 29.5 Å². The summed E-state index contributed by atoms with van der Waals surface area (Å²) in [6, 6.07) is 4.64. The maximum absolute atomic E-state index is 14.6. The Morgan fingerprint density at radius 2 is 2.12 bits per heavy atom. The first-order valence-corrected chi connectivity index (χ1v) is 10.7. The van der Waals surface area contributed by atoms with Crippen molar-refractivity contribution in [1.29, 1.82) is 0 Å². The number of nitrogens with one attached hydrogen (secondary N) is 1. The molecule has 2 aromatic rings. The molecular formula is C23H31FN2O6. The second-order valence-electron chi connectivity index (χ2n) is 8.96. The number of methoxy groups -OCH3 is 1. The van der Waals surface area contributed by atoms with E-state index in [0.717, 1.165) is 6.20 Å². The number of alkyl carbamates (subject to hydrolysis) is 1. The minimum Gasteiger partial charge on any atom is -0.497 e. The number of carbonyl (C=O) groups excluding carboxylic acids is 1. The molecule has 1 fully saturated rings. The summed E-state index contributed by atoms with van der Waals surface area (Å²) in [7, 11) is 1.51. The van der Waals surface area contributed by atoms with Crippen molar-refractivity contribution in [2.75, 3.05) is 13.7 Å². The fourth-order valence-corrected chi connectivity index (χ4v) is 3.93. The summed E-state index contributed by atoms with van der Waals surface area (Å²) in [6.07, 6.45) is -0.554. The Bertz CT molecular complexity index is 948. The van der Waals surface area contributed by atoms with E-state index in [1.165, 1.54) is 7.11 Å². The summed E-state index contributed by atoms with van der Waals surface area (Å²) in [4.78, 5) is 16.2. The third-order valence-corrected chi connectivity index (χ3v) is 5.39. The van der Waals surface area contributed by atoms with Crippen LogP contribution < -0.4 is 10.1 Å². The molecule has 0 aliphatic carbocycles. The van der Waals surface area contributed by atoms with Gasteiger partial charge in [0.15, 0.2) is 0 Å². The van der Waals surface area contributed by atoms with Gasteiger partial charge in [0.2, 0.25) is 0 Å². The lowest BCUT2D eigenvalue weighted by molar-refractivity contribution is -0.103. The lowest BCUT2D eigenvalue weighted by atomic mass is 9.93. The number of aromatic nitrogens is 1. The maximum Gasteiger partial charge on any atom is 0.407 e. The van der Waals surface area contributed by atoms with Crippen LogP contribution in [0.4, 0.5) is 9.18 Å². The molecule has 32 heavy (non-hydrogen) atoms. The molecule has 0 bridgehead atoms. The molecule has 0 radical (unpaired) electrons. The van der Waals surface area contributed by atoms with Gasteiger partial charge in [-0.1, -0.05) is 0 Å². The zero-order valence-electron chi connectivity index (χ0n) is 18.8. The summed E-state index contributed by atoms with van der Waals surface area (Å²) in [5, 5.41) is 23.8. The van der Waals surface area contributed by atoms with Gasteiger partial charge in [-0.25, -0.2) is 9.18 Å². The summed E-state index contributed by atoms with van der Waals surface area (Å²) in [5.41, 5.74) is 0.0360. The molecule has 1 saturated heterocycles. The molecule has 1 unspecified atom stereocenters. The monoisotopic (exact) mass is 450 g/mol. The summed E-state index contributed by atoms with van der Waals surface area (Å²) in [6.45, 7) is 4.99. The highest BCUT2D eigenvalue weighted by Crippen LogP contribution is 2.33. The first-order chi connectivity index (χ1) is 15.1. The van der Waals surface area contributed by atoms with E-state index in [1.807, 2.05) is 0 Å². The molecule has 1 aliphatic heterocycles. The maximum atomic E-state index is 14.6. The largest absolute Gasteiger partial charge is 0.497 e. The molecule has 4 atom stereocenters. The zero-order chi connectivity index (χ0) is 23.5. The average molecular weight is 451 g/mol. The molecule has 1 aromatic heterocycles. The van der Waals surface area contributed by atoms with Crippen LogP contribution >= 0.6 is 0 Å². The molecule has 0 spiro atoms. The van der Waals surface area contributed by atoms with Crippen LogP contribution in [-0.2, 0) is 9.47 Å². The van der Waals surface area contributed by atoms with E-state index in [9.17, 15) is 19.4 Å². The van der Waals surface area contributed by atoms with Crippen LogP contribution in [0.1, 0.15) is 51.7 Å². The SMILES string of the molecule is COc1ccc2ncc(F)c(C(O)C[C@@H]3CC[C@@H](NC(=O)OC(C)(C)C)[C@@H](CO)O3)c2c1. The number of nitrogens with zero attached hydrogens (tertiary/aromatic N) is 1. The molecule has 176 valence electrons. The molecule has 8 nitrogen and oxygen atoms in total. The molecule has 9 heteroatoms. The zero-order valence-corrected chi connectivity index (χ0v) is 18.8. The smallest absolute Gasteiger partial charge is 0.407 e. The average Bonchev–Trinajstić information content (AvgIpc) is 2.72. The van der Waals surface area contributed by atoms with Crippen LogP contribution in [-0.4, -0.2) is 58.9 Å². The fraction of sp³-hybridized carbons (Fsp3) is 0.565. The standard InChI is InChI=1S/C23H31FN2O6/c1-23(2,3)32-22(29)26-18-8-6-14(31-20(18)12-27)10-19(28)21-15-9-13(30-4)5-7-17(15)25-11-16(21)24/h5,7,9,11,14,18-20,27-28H,6,8,10,12H2,1-4H3,(H,26,29)/t14-,18+,19?,20+/m0/s1. The van der Waals surface area contributed by atoms with E-state index in [-0.39, 0.29) is 18.6 Å². The quantitative estimate of drug-likeness (QED) is 0.620. The van der Waals surface area contributed by atoms with Crippen LogP contribution in [0.3, 0.4) is 0 Å². The van der Waals surface area contributed by atoms with E-state index in [4.69, 9.17) is 14.2 Å². The van der Waals surface area contributed by atoms with Gasteiger partial charge in [0.05, 0.1) is 43.7 Å². The fourth-order valence-electron chi connectivity index (χ4n) is 3.93. The van der Waals surface area contributed by atoms with Crippen molar-refractivity contribution in [2.45, 2.75) is 70.0 Å². The summed E-state index contributed by atoms with van der Waals surface area (Å²) >= 11 is 0. The van der Waals surface area contributed by atoms with E-state index in [2.05, 4.69) is 10.3 Å². The number of rotatable bonds is 6. The molecule has 1 aliphatic rings. The van der Waals surface area contributed by atoms with Gasteiger partial charge < -0.3 is 29.7 Å². The highest BCUT2D eigenvalue weighted by Gasteiger charge is 2.34. The Morgan fingerprint density at radius 3 is 2.78 bits per heavy atom. The van der Waals surface area contributed by atoms with Crippen molar-refractivity contribution >= 4 is 17.0 Å². The first-order valence-electron chi connectivity index (χ1n) is 10.7. The third kappa shape index (κ3) is 5.85. The molecule has 1 amide bonds. The van der Waals surface area contributed by atoms with Gasteiger partial charge in [0.25, 0.3) is 0 Å². The summed E-state index contributed by atoms with van der Waals surface area (Å²) in [5.74, 6) is -0.0825. The molecule has 2 heterocycles. The van der Waals surface area contributed by atoms with Crippen LogP contribution in [0.15, 0.2) is 24.4 Å². The van der Waals surface area contributed by atoms with E-state index < -0.39 is 41.9 Å². The third-order valence-electron chi connectivity index (χ3n) is 5.39. The van der Waals surface area contributed by atoms with Gasteiger partial charge in [-0.15, -0.1) is 0 Å². The number of carbonyl (C=O) groups is 1. The van der Waals surface area contributed by atoms with Crippen molar-refractivity contribution < 1.29 is 33.6 Å². The van der Waals surface area contributed by atoms with Crippen molar-refractivity contribution in [3.05, 3.63) is 35.8 Å². The second-order valence-corrected chi connectivity index (χ2v) is 8.96. The van der Waals surface area contributed by atoms with Gasteiger partial charge in [0, 0.05) is 17.4 Å². The van der Waals surface area contributed by atoms with Gasteiger partial charge in [-0.2, -0.15) is 0 Å². The normalized spacial score (nSPS) is 22.4. The minimum atomic E-state index is -1.15. The Hall–Kier alpha value is -2.49. The lowest BCUT2D eigenvalue weighted by Crippen LogP contribution is -2.52. The topological polar surface area (TPSA) is 110 Å². The van der Waals surface area contributed by atoms with Crippen LogP contribution in [0.25, 0.3) is 10.9 Å². The Labute approximate surface area is 186 Å². The first kappa shape index (κ1) is 24.2. The van der Waals surface area contributed by atoms with Crippen LogP contribution in [0, 0.1) is 5.82 Å². The van der Waals surface area contributed by atoms with Gasteiger partial charge >= 0.3 is 6.09 Å². The number of fused-ring (bicyclic) bond motifs is 1. The number of benzene rings is 1. The predicted octanol–water partition coefficient (Wildman–Crippen LogP) is 3.24. The van der Waals surface area contributed by atoms with Gasteiger partial charge in [-0.05, 0) is 51.8 Å². The van der Waals surface area contributed by atoms with Crippen LogP contribution in [0.2, 0.25) is 0 Å². The molecule has 0 saturated carbocycles. The second kappa shape index (κ2) is 9.97. The molecular weight excluding hydrogens is 419 g/mol. The number of aliphatic hydroxyl groups is 2. The van der Waals surface area contributed by atoms with E-state index in [1.54, 1.807) is 39.0 Å². The predicted molar refractivity (Wildman–Crippen MR) is 116 cm³/mol. The Balaban J connectivity index is 1.70. The number of aliphatic hydroxyl groups excluding tert-OH is 2. The minimum absolute atomic E-state index is 0.128. The van der Waals surface area contributed by atoms with Crippen molar-refractivity contribution in [3.63, 3.8) is 0 Å². The van der Waals surface area contributed by atoms with Crippen molar-refractivity contribution in [1.82, 2.24) is 10.3 Å². The summed E-state index contributed by atoms with van der Waals surface area (Å²) < 4.78 is 31.1. The number of hydrogen-bond donors (Lipinski definition) is 3.